The Morgan fingerprint density at radius 2 is 1.57 bits per heavy atom. The number of nitrogens with one attached hydrogen (secondary N) is 3. The van der Waals surface area contributed by atoms with Crippen LogP contribution in [0, 0.1) is 34.5 Å². The van der Waals surface area contributed by atoms with Crippen molar-refractivity contribution >= 4 is 35.6 Å². The molecule has 0 radical (unpaired) electrons. The lowest BCUT2D eigenvalue weighted by atomic mass is 9.80. The van der Waals surface area contributed by atoms with Crippen LogP contribution in [0.5, 0.6) is 0 Å². The maximum absolute atomic E-state index is 14.3. The number of ether oxygens (including phenoxy) is 1. The molecule has 1 heterocycles. The molecule has 1 unspecified atom stereocenters. The summed E-state index contributed by atoms with van der Waals surface area (Å²) in [5.41, 5.74) is 3.74. The average Bonchev–Trinajstić information content (AvgIpc) is 3.22. The fraction of sp³-hybridized carbons (Fsp3) is 0.824. The van der Waals surface area contributed by atoms with Crippen molar-refractivity contribution in [1.29, 1.82) is 0 Å². The van der Waals surface area contributed by atoms with E-state index < -0.39 is 70.8 Å². The third-order valence-electron chi connectivity index (χ3n) is 10.1. The minimum Gasteiger partial charge on any atom is -0.444 e. The number of primary amides is 1. The van der Waals surface area contributed by atoms with Gasteiger partial charge in [-0.2, -0.15) is 0 Å². The summed E-state index contributed by atoms with van der Waals surface area (Å²) in [6.45, 7) is 19.3. The van der Waals surface area contributed by atoms with E-state index in [1.54, 1.807) is 27.8 Å². The van der Waals surface area contributed by atoms with Gasteiger partial charge in [0.05, 0.1) is 12.1 Å². The molecule has 0 aromatic heterocycles. The number of amides is 6. The summed E-state index contributed by atoms with van der Waals surface area (Å²) < 4.78 is 5.45. The quantitative estimate of drug-likeness (QED) is 0.232. The molecule has 3 fully saturated rings. The zero-order valence-corrected chi connectivity index (χ0v) is 30.2. The lowest BCUT2D eigenvalue weighted by Gasteiger charge is -2.38. The number of carbonyl (C=O) groups excluding carboxylic acids is 6. The van der Waals surface area contributed by atoms with Crippen LogP contribution in [0.3, 0.4) is 0 Å². The number of Topliss-reactive ketones (excluding diaryl/α,β-unsaturated/α-hetero) is 1. The van der Waals surface area contributed by atoms with Gasteiger partial charge in [0.15, 0.2) is 0 Å². The number of nitrogens with zero attached hydrogens (tertiary/aromatic N) is 2. The van der Waals surface area contributed by atoms with Crippen molar-refractivity contribution in [3.63, 3.8) is 0 Å². The Kier molecular flexibility index (Phi) is 11.3. The van der Waals surface area contributed by atoms with Crippen LogP contribution >= 0.6 is 0 Å². The van der Waals surface area contributed by atoms with Gasteiger partial charge in [-0.1, -0.05) is 67.7 Å². The van der Waals surface area contributed by atoms with Crippen molar-refractivity contribution in [2.45, 2.75) is 125 Å². The number of likely N-dealkylation sites (tertiary alicyclic amines) is 1. The first-order valence-electron chi connectivity index (χ1n) is 16.9. The number of piperidine rings is 1. The van der Waals surface area contributed by atoms with Gasteiger partial charge in [-0.3, -0.25) is 19.2 Å². The molecule has 47 heavy (non-hydrogen) atoms. The van der Waals surface area contributed by atoms with Gasteiger partial charge in [-0.25, -0.2) is 9.59 Å². The van der Waals surface area contributed by atoms with Crippen LogP contribution in [0.2, 0.25) is 0 Å². The van der Waals surface area contributed by atoms with Gasteiger partial charge in [0, 0.05) is 20.1 Å². The van der Waals surface area contributed by atoms with Gasteiger partial charge < -0.3 is 36.2 Å². The summed E-state index contributed by atoms with van der Waals surface area (Å²) in [6, 6.07) is -3.93. The number of nitrogens with two attached hydrogens (primary N) is 1. The van der Waals surface area contributed by atoms with Crippen molar-refractivity contribution in [3.8, 4) is 0 Å². The summed E-state index contributed by atoms with van der Waals surface area (Å²) in [5, 5.41) is 8.58. The Morgan fingerprint density at radius 1 is 0.979 bits per heavy atom. The molecular formula is C34H58N6O7. The molecule has 6 atom stereocenters. The van der Waals surface area contributed by atoms with Crippen molar-refractivity contribution < 1.29 is 33.5 Å². The molecular weight excluding hydrogens is 604 g/mol. The second-order valence-electron chi connectivity index (χ2n) is 16.8. The maximum atomic E-state index is 14.3. The lowest BCUT2D eigenvalue weighted by molar-refractivity contribution is -0.145. The van der Waals surface area contributed by atoms with Gasteiger partial charge in [0.25, 0.3) is 5.91 Å². The van der Waals surface area contributed by atoms with Crippen LogP contribution in [0.15, 0.2) is 0 Å². The van der Waals surface area contributed by atoms with E-state index in [1.165, 1.54) is 9.80 Å². The summed E-state index contributed by atoms with van der Waals surface area (Å²) in [5.74, 6) is -2.72. The van der Waals surface area contributed by atoms with E-state index in [0.29, 0.717) is 13.0 Å². The zero-order valence-electron chi connectivity index (χ0n) is 30.2. The predicted molar refractivity (Wildman–Crippen MR) is 177 cm³/mol. The highest BCUT2D eigenvalue weighted by molar-refractivity contribution is 6.37. The smallest absolute Gasteiger partial charge is 0.410 e. The topological polar surface area (TPSA) is 180 Å². The molecule has 266 valence electrons. The van der Waals surface area contributed by atoms with Crippen molar-refractivity contribution in [1.82, 2.24) is 25.8 Å². The number of ketones is 1. The Bertz CT molecular complexity index is 1230. The SMILES string of the molecule is CC(C)[C@@H](CN(C)C(=O)OC(C)(C)C)NC(=O)N[C@H](C(=O)N1C[C@H]2[C@@H]([C@H]1C(=O)NC(CC1CCC1)C(=O)C(N)=O)C2(C)C)C(C)(C)C. The zero-order chi connectivity index (χ0) is 35.8. The molecule has 3 rings (SSSR count). The largest absolute Gasteiger partial charge is 0.444 e. The molecule has 0 bridgehead atoms. The number of hydrogen-bond donors (Lipinski definition) is 4. The number of likely N-dealkylation sites (N-methyl/N-ethyl adjacent to an activating group) is 1. The van der Waals surface area contributed by atoms with Crippen LogP contribution in [0.4, 0.5) is 9.59 Å². The standard InChI is InChI=1S/C34H58N6O7/c1-18(2)22(17-39(11)31(46)47-33(6,7)8)37-30(45)38-26(32(3,4)5)29(44)40-16-20-23(34(20,9)10)24(40)28(43)36-21(25(41)27(35)42)15-19-13-12-14-19/h18-24,26H,12-17H2,1-11H3,(H2,35,42)(H,36,43)(H2,37,38,45)/t20-,21?,22+,23-,24-,26+/m0/s1. The van der Waals surface area contributed by atoms with E-state index >= 15 is 0 Å². The highest BCUT2D eigenvalue weighted by Gasteiger charge is 2.70. The van der Waals surface area contributed by atoms with Crippen LogP contribution < -0.4 is 21.7 Å². The minimum absolute atomic E-state index is 0.0496. The number of hydrogen-bond acceptors (Lipinski definition) is 7. The minimum atomic E-state index is -1.10. The first-order chi connectivity index (χ1) is 21.5. The number of fused-ring (bicyclic) bond motifs is 1. The fourth-order valence-electron chi connectivity index (χ4n) is 6.82. The first-order valence-corrected chi connectivity index (χ1v) is 16.9. The molecule has 13 nitrogen and oxygen atoms in total. The molecule has 2 saturated carbocycles. The van der Waals surface area contributed by atoms with Crippen LogP contribution in [0.25, 0.3) is 0 Å². The molecule has 5 N–H and O–H groups in total. The Hall–Kier alpha value is -3.38. The molecule has 13 heteroatoms. The predicted octanol–water partition coefficient (Wildman–Crippen LogP) is 2.80. The Morgan fingerprint density at radius 3 is 2.04 bits per heavy atom. The number of carbonyl (C=O) groups is 6. The van der Waals surface area contributed by atoms with Gasteiger partial charge in [0.1, 0.15) is 17.7 Å². The average molecular weight is 663 g/mol. The maximum Gasteiger partial charge on any atom is 0.410 e. The normalized spacial score (nSPS) is 23.8. The fourth-order valence-corrected chi connectivity index (χ4v) is 6.82. The lowest BCUT2D eigenvalue weighted by Crippen LogP contribution is -2.62. The van der Waals surface area contributed by atoms with Crippen molar-refractivity contribution in [3.05, 3.63) is 0 Å². The van der Waals surface area contributed by atoms with Crippen molar-refractivity contribution in [2.24, 2.45) is 40.2 Å². The van der Waals surface area contributed by atoms with E-state index in [1.807, 2.05) is 34.6 Å². The van der Waals surface area contributed by atoms with Crippen LogP contribution in [0.1, 0.15) is 94.9 Å². The second-order valence-corrected chi connectivity index (χ2v) is 16.8. The highest BCUT2D eigenvalue weighted by atomic mass is 16.6. The second kappa shape index (κ2) is 14.0. The molecule has 3 aliphatic rings. The van der Waals surface area contributed by atoms with Gasteiger partial charge in [-0.05, 0) is 61.7 Å². The molecule has 0 aromatic carbocycles. The molecule has 1 aliphatic heterocycles. The molecule has 2 aliphatic carbocycles. The number of rotatable bonds is 12. The summed E-state index contributed by atoms with van der Waals surface area (Å²) in [7, 11) is 1.60. The summed E-state index contributed by atoms with van der Waals surface area (Å²) >= 11 is 0. The first kappa shape index (κ1) is 38.1. The van der Waals surface area contributed by atoms with E-state index in [-0.39, 0.29) is 35.6 Å². The third-order valence-corrected chi connectivity index (χ3v) is 10.1. The van der Waals surface area contributed by atoms with Crippen LogP contribution in [-0.2, 0) is 23.9 Å². The Balaban J connectivity index is 1.78. The van der Waals surface area contributed by atoms with E-state index in [2.05, 4.69) is 29.8 Å². The third kappa shape index (κ3) is 9.16. The van der Waals surface area contributed by atoms with Gasteiger partial charge >= 0.3 is 12.1 Å². The molecule has 6 amide bonds. The molecule has 1 saturated heterocycles. The monoisotopic (exact) mass is 662 g/mol. The molecule has 0 spiro atoms. The Labute approximate surface area is 279 Å². The highest BCUT2D eigenvalue weighted by Crippen LogP contribution is 2.65. The summed E-state index contributed by atoms with van der Waals surface area (Å²) in [6.07, 6.45) is 2.69. The van der Waals surface area contributed by atoms with E-state index in [9.17, 15) is 28.8 Å². The number of urea groups is 1. The van der Waals surface area contributed by atoms with E-state index in [4.69, 9.17) is 10.5 Å². The van der Waals surface area contributed by atoms with Gasteiger partial charge in [0.2, 0.25) is 17.6 Å². The molecule has 0 aromatic rings. The van der Waals surface area contributed by atoms with Gasteiger partial charge in [-0.15, -0.1) is 0 Å². The van der Waals surface area contributed by atoms with E-state index in [0.717, 1.165) is 19.3 Å². The van der Waals surface area contributed by atoms with Crippen LogP contribution in [-0.4, -0.2) is 95.3 Å². The summed E-state index contributed by atoms with van der Waals surface area (Å²) in [4.78, 5) is 81.7. The van der Waals surface area contributed by atoms with Crippen molar-refractivity contribution in [2.75, 3.05) is 20.1 Å².